The van der Waals surface area contributed by atoms with Crippen molar-refractivity contribution in [1.82, 2.24) is 0 Å². The molecule has 4 rings (SSSR count). The average Bonchev–Trinajstić information content (AvgIpc) is 3.43. The normalized spacial score (nSPS) is 35.3. The van der Waals surface area contributed by atoms with Gasteiger partial charge >= 0.3 is 5.97 Å². The Bertz CT molecular complexity index is 1140. The van der Waals surface area contributed by atoms with Gasteiger partial charge < -0.3 is 25.2 Å². The molecule has 0 amide bonds. The van der Waals surface area contributed by atoms with Gasteiger partial charge in [0.1, 0.15) is 17.3 Å². The van der Waals surface area contributed by atoms with Gasteiger partial charge in [-0.2, -0.15) is 0 Å². The van der Waals surface area contributed by atoms with E-state index in [9.17, 15) is 30.0 Å². The Morgan fingerprint density at radius 3 is 1.81 bits per heavy atom. The van der Waals surface area contributed by atoms with Crippen LogP contribution in [0, 0.1) is 29.1 Å². The summed E-state index contributed by atoms with van der Waals surface area (Å²) in [4.78, 5) is 26.4. The number of unbranched alkanes of at least 4 members (excludes halogenated alkanes) is 16. The number of esters is 1. The quantitative estimate of drug-likeness (QED) is 0.0606. The molecule has 0 unspecified atom stereocenters. The summed E-state index contributed by atoms with van der Waals surface area (Å²) in [7, 11) is 0. The molecule has 2 fully saturated rings. The van der Waals surface area contributed by atoms with E-state index >= 15 is 0 Å². The molecule has 0 aromatic heterocycles. The smallest absolute Gasteiger partial charge is 0.306 e. The number of aliphatic hydroxyl groups excluding tert-OH is 1. The highest BCUT2D eigenvalue weighted by molar-refractivity contribution is 6.04. The number of hydrogen-bond donors (Lipinski definition) is 4. The number of fused-ring (bicyclic) bond motifs is 5. The first kappa shape index (κ1) is 38.3. The highest BCUT2D eigenvalue weighted by atomic mass is 16.6. The minimum Gasteiger partial charge on any atom is -0.459 e. The van der Waals surface area contributed by atoms with Crippen molar-refractivity contribution in [2.75, 3.05) is 6.61 Å². The van der Waals surface area contributed by atoms with Crippen molar-refractivity contribution >= 4 is 11.8 Å². The molecule has 0 heterocycles. The van der Waals surface area contributed by atoms with Crippen LogP contribution in [0.4, 0.5) is 0 Å². The van der Waals surface area contributed by atoms with Crippen molar-refractivity contribution in [2.45, 2.75) is 180 Å². The lowest BCUT2D eigenvalue weighted by molar-refractivity contribution is -0.221. The summed E-state index contributed by atoms with van der Waals surface area (Å²) < 4.78 is 6.06. The van der Waals surface area contributed by atoms with E-state index in [1.54, 1.807) is 26.0 Å². The lowest BCUT2D eigenvalue weighted by Gasteiger charge is -2.52. The maximum absolute atomic E-state index is 13.2. The number of ketones is 1. The first-order valence-corrected chi connectivity index (χ1v) is 19.2. The van der Waals surface area contributed by atoms with Gasteiger partial charge in [-0.1, -0.05) is 143 Å². The third-order valence-corrected chi connectivity index (χ3v) is 12.7. The maximum Gasteiger partial charge on any atom is 0.306 e. The first-order chi connectivity index (χ1) is 22.3. The van der Waals surface area contributed by atoms with E-state index in [0.29, 0.717) is 11.1 Å². The largest absolute Gasteiger partial charge is 0.459 e. The zero-order chi connectivity index (χ0) is 34.5. The van der Waals surface area contributed by atoms with Crippen LogP contribution in [0.15, 0.2) is 23.3 Å². The number of rotatable bonds is 20. The minimum absolute atomic E-state index is 0.0816. The van der Waals surface area contributed by atoms with Crippen LogP contribution in [-0.4, -0.2) is 61.7 Å². The second-order valence-electron chi connectivity index (χ2n) is 16.3. The topological polar surface area (TPSA) is 124 Å². The fourth-order valence-electron chi connectivity index (χ4n) is 9.80. The molecule has 0 aliphatic heterocycles. The van der Waals surface area contributed by atoms with Gasteiger partial charge in [0, 0.05) is 41.9 Å². The van der Waals surface area contributed by atoms with E-state index in [0.717, 1.165) is 19.3 Å². The fourth-order valence-corrected chi connectivity index (χ4v) is 9.80. The molecule has 0 radical (unpaired) electrons. The Balaban J connectivity index is 1.22. The number of Topliss-reactive ketones (excluding diaryl/α,β-unsaturated/α-hetero) is 1. The van der Waals surface area contributed by atoms with Crippen LogP contribution >= 0.6 is 0 Å². The average molecular weight is 659 g/mol. The zero-order valence-electron chi connectivity index (χ0n) is 30.2. The Morgan fingerprint density at radius 1 is 0.830 bits per heavy atom. The molecule has 268 valence electrons. The van der Waals surface area contributed by atoms with Crippen LogP contribution in [0.2, 0.25) is 0 Å². The number of ether oxygens (including phenoxy) is 1. The maximum atomic E-state index is 13.2. The standard InChI is InChI=1S/C40H66O7/c1-6-7-8-9-10-11-12-13-14-15-16-17-18-19-20-21-22-23-33(42)47-36-29(3)39(45)31(34-37(4,5)40(34,36)46)25-30(27-41)26-38(44)32(39)24-28(2)35(38)43/h24-25,29,31-32,34,36,41,44-46H,6-23,26-27H2,1-5H3/t29-,31+,32-,34-,36-,38-,39-,40-/m1/s1. The molecule has 8 atom stereocenters. The third kappa shape index (κ3) is 7.49. The van der Waals surface area contributed by atoms with Crippen LogP contribution < -0.4 is 0 Å². The van der Waals surface area contributed by atoms with Crippen molar-refractivity contribution < 1.29 is 34.8 Å². The van der Waals surface area contributed by atoms with E-state index in [1.807, 2.05) is 13.8 Å². The highest BCUT2D eigenvalue weighted by Crippen LogP contribution is 2.75. The van der Waals surface area contributed by atoms with Crippen LogP contribution in [0.3, 0.4) is 0 Å². The molecule has 4 N–H and O–H groups in total. The molecule has 0 saturated heterocycles. The summed E-state index contributed by atoms with van der Waals surface area (Å²) in [5, 5.41) is 46.5. The van der Waals surface area contributed by atoms with Crippen LogP contribution in [0.5, 0.6) is 0 Å². The van der Waals surface area contributed by atoms with Crippen molar-refractivity contribution in [3.63, 3.8) is 0 Å². The van der Waals surface area contributed by atoms with E-state index < -0.39 is 57.8 Å². The van der Waals surface area contributed by atoms with Crippen molar-refractivity contribution in [3.8, 4) is 0 Å². The van der Waals surface area contributed by atoms with E-state index in [-0.39, 0.29) is 25.4 Å². The van der Waals surface area contributed by atoms with E-state index in [4.69, 9.17) is 4.74 Å². The van der Waals surface area contributed by atoms with E-state index in [2.05, 4.69) is 6.92 Å². The molecule has 0 aromatic carbocycles. The molecule has 4 aliphatic rings. The van der Waals surface area contributed by atoms with Crippen LogP contribution in [0.1, 0.15) is 157 Å². The summed E-state index contributed by atoms with van der Waals surface area (Å²) in [6, 6.07) is 0. The monoisotopic (exact) mass is 658 g/mol. The van der Waals surface area contributed by atoms with Crippen molar-refractivity contribution in [1.29, 1.82) is 0 Å². The number of carbonyl (C=O) groups excluding carboxylic acids is 2. The summed E-state index contributed by atoms with van der Waals surface area (Å²) in [6.45, 7) is 9.13. The van der Waals surface area contributed by atoms with Gasteiger partial charge in [-0.05, 0) is 24.5 Å². The Hall–Kier alpha value is -1.54. The van der Waals surface area contributed by atoms with Crippen LogP contribution in [0.25, 0.3) is 0 Å². The van der Waals surface area contributed by atoms with E-state index in [1.165, 1.54) is 89.9 Å². The second kappa shape index (κ2) is 16.0. The fraction of sp³-hybridized carbons (Fsp3) is 0.850. The summed E-state index contributed by atoms with van der Waals surface area (Å²) in [5.74, 6) is -3.65. The van der Waals surface area contributed by atoms with Gasteiger partial charge in [-0.15, -0.1) is 0 Å². The Morgan fingerprint density at radius 2 is 1.32 bits per heavy atom. The van der Waals surface area contributed by atoms with Crippen molar-refractivity contribution in [3.05, 3.63) is 23.3 Å². The molecule has 7 nitrogen and oxygen atoms in total. The molecule has 47 heavy (non-hydrogen) atoms. The lowest BCUT2D eigenvalue weighted by atomic mass is 9.59. The predicted molar refractivity (Wildman–Crippen MR) is 185 cm³/mol. The Labute approximate surface area is 284 Å². The number of hydrogen-bond acceptors (Lipinski definition) is 7. The predicted octanol–water partition coefficient (Wildman–Crippen LogP) is 7.52. The van der Waals surface area contributed by atoms with Gasteiger partial charge in [0.05, 0.1) is 12.2 Å². The SMILES string of the molecule is CCCCCCCCCCCCCCCCCCCC(=O)O[C@@H]1[C@@H](C)[C@@]2(O)[C@@H](C=C(CO)C[C@]3(O)C(=O)C(C)=C[C@@H]23)[C@@H]2C(C)(C)[C@]12O. The summed E-state index contributed by atoms with van der Waals surface area (Å²) in [5.41, 5.74) is -4.76. The van der Waals surface area contributed by atoms with Crippen molar-refractivity contribution in [2.24, 2.45) is 29.1 Å². The molecule has 0 spiro atoms. The third-order valence-electron chi connectivity index (χ3n) is 12.7. The van der Waals surface area contributed by atoms with Gasteiger partial charge in [0.2, 0.25) is 0 Å². The molecular weight excluding hydrogens is 592 g/mol. The number of carbonyl (C=O) groups is 2. The molecule has 7 heteroatoms. The molecule has 0 aromatic rings. The minimum atomic E-state index is -1.90. The Kier molecular flexibility index (Phi) is 13.0. The summed E-state index contributed by atoms with van der Waals surface area (Å²) >= 11 is 0. The van der Waals surface area contributed by atoms with Gasteiger partial charge in [0.15, 0.2) is 5.78 Å². The highest BCUT2D eigenvalue weighted by Gasteiger charge is 2.85. The molecule has 0 bridgehead atoms. The lowest BCUT2D eigenvalue weighted by Crippen LogP contribution is -2.65. The molecule has 4 aliphatic carbocycles. The van der Waals surface area contributed by atoms with Gasteiger partial charge in [-0.25, -0.2) is 0 Å². The molecule has 2 saturated carbocycles. The first-order valence-electron chi connectivity index (χ1n) is 19.2. The second-order valence-corrected chi connectivity index (χ2v) is 16.3. The summed E-state index contributed by atoms with van der Waals surface area (Å²) in [6.07, 6.45) is 24.1. The zero-order valence-corrected chi connectivity index (χ0v) is 30.2. The van der Waals surface area contributed by atoms with Gasteiger partial charge in [0.25, 0.3) is 0 Å². The van der Waals surface area contributed by atoms with Crippen LogP contribution in [-0.2, 0) is 14.3 Å². The van der Waals surface area contributed by atoms with Gasteiger partial charge in [-0.3, -0.25) is 9.59 Å². The molecular formula is C40H66O7. The number of aliphatic hydroxyl groups is 4.